The van der Waals surface area contributed by atoms with Crippen molar-refractivity contribution in [1.82, 2.24) is 20.4 Å². The van der Waals surface area contributed by atoms with Crippen LogP contribution in [0.15, 0.2) is 4.52 Å². The second-order valence-corrected chi connectivity index (χ2v) is 9.00. The molecule has 9 heteroatoms. The first kappa shape index (κ1) is 18.9. The van der Waals surface area contributed by atoms with Gasteiger partial charge in [0.2, 0.25) is 11.8 Å². The summed E-state index contributed by atoms with van der Waals surface area (Å²) in [7, 11) is -1.05. The van der Waals surface area contributed by atoms with Crippen molar-refractivity contribution < 1.29 is 17.7 Å². The van der Waals surface area contributed by atoms with Crippen molar-refractivity contribution in [3.05, 3.63) is 11.7 Å². The molecule has 0 spiro atoms. The summed E-state index contributed by atoms with van der Waals surface area (Å²) in [6.45, 7) is 4.88. The second kappa shape index (κ2) is 8.06. The number of carbonyl (C=O) groups is 1. The molecule has 0 bridgehead atoms. The van der Waals surface area contributed by atoms with Gasteiger partial charge in [0.1, 0.15) is 0 Å². The highest BCUT2D eigenvalue weighted by atomic mass is 32.2. The van der Waals surface area contributed by atoms with Crippen LogP contribution in [0, 0.1) is 5.92 Å². The summed E-state index contributed by atoms with van der Waals surface area (Å²) in [6, 6.07) is 0.0114. The van der Waals surface area contributed by atoms with E-state index >= 15 is 0 Å². The summed E-state index contributed by atoms with van der Waals surface area (Å²) < 4.78 is 28.1. The van der Waals surface area contributed by atoms with Crippen LogP contribution < -0.4 is 5.32 Å². The molecule has 1 aliphatic heterocycles. The van der Waals surface area contributed by atoms with Crippen LogP contribution in [0.25, 0.3) is 0 Å². The normalized spacial score (nSPS) is 20.0. The predicted molar refractivity (Wildman–Crippen MR) is 89.0 cm³/mol. The largest absolute Gasteiger partial charge is 0.347 e. The van der Waals surface area contributed by atoms with E-state index in [9.17, 15) is 13.2 Å². The molecule has 8 nitrogen and oxygen atoms in total. The summed E-state index contributed by atoms with van der Waals surface area (Å²) in [5.74, 6) is 1.80. The molecular weight excluding hydrogens is 332 g/mol. The Morgan fingerprint density at radius 1 is 1.46 bits per heavy atom. The molecule has 1 fully saturated rings. The minimum Gasteiger partial charge on any atom is -0.347 e. The van der Waals surface area contributed by atoms with E-state index in [1.165, 1.54) is 0 Å². The van der Waals surface area contributed by atoms with Gasteiger partial charge < -0.3 is 14.7 Å². The van der Waals surface area contributed by atoms with Gasteiger partial charge in [0.15, 0.2) is 15.7 Å². The molecular formula is C15H26N4O4S. The van der Waals surface area contributed by atoms with Gasteiger partial charge in [-0.3, -0.25) is 4.79 Å². The topological polar surface area (TPSA) is 105 Å². The molecule has 24 heavy (non-hydrogen) atoms. The molecule has 1 aliphatic rings. The number of hydrogen-bond donors (Lipinski definition) is 1. The quantitative estimate of drug-likeness (QED) is 0.717. The third kappa shape index (κ3) is 5.86. The van der Waals surface area contributed by atoms with Gasteiger partial charge in [-0.2, -0.15) is 4.98 Å². The van der Waals surface area contributed by atoms with Gasteiger partial charge in [0.25, 0.3) is 0 Å². The maximum absolute atomic E-state index is 11.9. The molecule has 0 unspecified atom stereocenters. The van der Waals surface area contributed by atoms with Gasteiger partial charge in [0, 0.05) is 25.4 Å². The first-order valence-corrected chi connectivity index (χ1v) is 10.1. The van der Waals surface area contributed by atoms with Gasteiger partial charge in [0.05, 0.1) is 18.1 Å². The predicted octanol–water partition coefficient (Wildman–Crippen LogP) is 0.393. The number of rotatable bonds is 8. The van der Waals surface area contributed by atoms with Crippen molar-refractivity contribution in [3.8, 4) is 0 Å². The molecule has 0 radical (unpaired) electrons. The number of aromatic nitrogens is 2. The van der Waals surface area contributed by atoms with E-state index in [1.807, 2.05) is 11.9 Å². The first-order valence-electron chi connectivity index (χ1n) is 8.24. The SMILES string of the molecule is CC(C)Cc1noc(CNC(=O)CCN(C)[C@H]2CCS(=O)(=O)C2)n1. The van der Waals surface area contributed by atoms with Crippen molar-refractivity contribution in [1.29, 1.82) is 0 Å². The third-order valence-corrected chi connectivity index (χ3v) is 5.81. The van der Waals surface area contributed by atoms with E-state index in [0.717, 1.165) is 6.42 Å². The number of nitrogens with zero attached hydrogens (tertiary/aromatic N) is 3. The van der Waals surface area contributed by atoms with E-state index in [0.29, 0.717) is 37.0 Å². The number of hydrogen-bond acceptors (Lipinski definition) is 7. The molecule has 1 aromatic rings. The minimum absolute atomic E-state index is 0.0114. The summed E-state index contributed by atoms with van der Waals surface area (Å²) in [4.78, 5) is 18.1. The van der Waals surface area contributed by atoms with Gasteiger partial charge in [-0.05, 0) is 19.4 Å². The highest BCUT2D eigenvalue weighted by molar-refractivity contribution is 7.91. The Hall–Kier alpha value is -1.48. The average Bonchev–Trinajstić information content (AvgIpc) is 3.08. The lowest BCUT2D eigenvalue weighted by atomic mass is 10.1. The van der Waals surface area contributed by atoms with E-state index in [2.05, 4.69) is 29.3 Å². The third-order valence-electron chi connectivity index (χ3n) is 4.06. The van der Waals surface area contributed by atoms with Crippen LogP contribution >= 0.6 is 0 Å². The van der Waals surface area contributed by atoms with E-state index < -0.39 is 9.84 Å². The molecule has 1 saturated heterocycles. The van der Waals surface area contributed by atoms with Crippen molar-refractivity contribution in [3.63, 3.8) is 0 Å². The van der Waals surface area contributed by atoms with Crippen molar-refractivity contribution >= 4 is 15.7 Å². The molecule has 0 aliphatic carbocycles. The maximum Gasteiger partial charge on any atom is 0.246 e. The Kier molecular flexibility index (Phi) is 6.34. The van der Waals surface area contributed by atoms with Crippen molar-refractivity contribution in [2.75, 3.05) is 25.1 Å². The van der Waals surface area contributed by atoms with Crippen molar-refractivity contribution in [2.45, 2.75) is 45.7 Å². The smallest absolute Gasteiger partial charge is 0.246 e. The number of sulfone groups is 1. The van der Waals surface area contributed by atoms with Crippen LogP contribution in [0.4, 0.5) is 0 Å². The van der Waals surface area contributed by atoms with Crippen LogP contribution in [0.2, 0.25) is 0 Å². The monoisotopic (exact) mass is 358 g/mol. The maximum atomic E-state index is 11.9. The molecule has 1 atom stereocenters. The first-order chi connectivity index (χ1) is 11.2. The fourth-order valence-corrected chi connectivity index (χ4v) is 4.46. The fourth-order valence-electron chi connectivity index (χ4n) is 2.66. The van der Waals surface area contributed by atoms with Crippen LogP contribution in [0.3, 0.4) is 0 Å². The summed E-state index contributed by atoms with van der Waals surface area (Å²) >= 11 is 0. The standard InChI is InChI=1S/C15H26N4O4S/c1-11(2)8-13-17-15(23-18-13)9-16-14(20)4-6-19(3)12-5-7-24(21,22)10-12/h11-12H,4-10H2,1-3H3,(H,16,20)/t12-/m0/s1. The fraction of sp³-hybridized carbons (Fsp3) is 0.800. The molecule has 2 heterocycles. The molecule has 1 amide bonds. The lowest BCUT2D eigenvalue weighted by Crippen LogP contribution is -2.36. The minimum atomic E-state index is -2.90. The molecule has 136 valence electrons. The number of amides is 1. The highest BCUT2D eigenvalue weighted by Crippen LogP contribution is 2.16. The zero-order valence-corrected chi connectivity index (χ0v) is 15.3. The van der Waals surface area contributed by atoms with Gasteiger partial charge in [-0.25, -0.2) is 8.42 Å². The Bertz CT molecular complexity index is 656. The molecule has 2 rings (SSSR count). The summed E-state index contributed by atoms with van der Waals surface area (Å²) in [6.07, 6.45) is 1.69. The lowest BCUT2D eigenvalue weighted by Gasteiger charge is -2.22. The highest BCUT2D eigenvalue weighted by Gasteiger charge is 2.30. The van der Waals surface area contributed by atoms with Gasteiger partial charge in [-0.1, -0.05) is 19.0 Å². The molecule has 1 N–H and O–H groups in total. The van der Waals surface area contributed by atoms with E-state index in [4.69, 9.17) is 4.52 Å². The van der Waals surface area contributed by atoms with E-state index in [1.54, 1.807) is 0 Å². The average molecular weight is 358 g/mol. The van der Waals surface area contributed by atoms with Gasteiger partial charge >= 0.3 is 0 Å². The molecule has 1 aromatic heterocycles. The number of carbonyl (C=O) groups excluding carboxylic acids is 1. The Balaban J connectivity index is 1.69. The Morgan fingerprint density at radius 2 is 2.21 bits per heavy atom. The zero-order chi connectivity index (χ0) is 17.7. The molecule has 0 saturated carbocycles. The van der Waals surface area contributed by atoms with Crippen LogP contribution in [-0.2, 0) is 27.6 Å². The lowest BCUT2D eigenvalue weighted by molar-refractivity contribution is -0.121. The number of nitrogens with one attached hydrogen (secondary N) is 1. The Morgan fingerprint density at radius 3 is 2.83 bits per heavy atom. The second-order valence-electron chi connectivity index (χ2n) is 6.77. The van der Waals surface area contributed by atoms with Crippen LogP contribution in [-0.4, -0.2) is 60.5 Å². The van der Waals surface area contributed by atoms with Gasteiger partial charge in [-0.15, -0.1) is 0 Å². The van der Waals surface area contributed by atoms with Crippen LogP contribution in [0.1, 0.15) is 38.4 Å². The summed E-state index contributed by atoms with van der Waals surface area (Å²) in [5, 5.41) is 6.62. The van der Waals surface area contributed by atoms with Crippen LogP contribution in [0.5, 0.6) is 0 Å². The molecule has 0 aromatic carbocycles. The van der Waals surface area contributed by atoms with E-state index in [-0.39, 0.29) is 30.0 Å². The Labute approximate surface area is 142 Å². The zero-order valence-electron chi connectivity index (χ0n) is 14.5. The summed E-state index contributed by atoms with van der Waals surface area (Å²) in [5.41, 5.74) is 0. The van der Waals surface area contributed by atoms with Crippen molar-refractivity contribution in [2.24, 2.45) is 5.92 Å².